The summed E-state index contributed by atoms with van der Waals surface area (Å²) in [5.74, 6) is 0.978. The zero-order valence-electron chi connectivity index (χ0n) is 17.3. The highest BCUT2D eigenvalue weighted by atomic mass is 16.5. The van der Waals surface area contributed by atoms with Crippen molar-refractivity contribution >= 4 is 18.1 Å². The second kappa shape index (κ2) is 10.3. The van der Waals surface area contributed by atoms with Crippen molar-refractivity contribution in [3.63, 3.8) is 0 Å². The topological polar surface area (TPSA) is 86.2 Å². The van der Waals surface area contributed by atoms with Crippen LogP contribution in [0.15, 0.2) is 41.5 Å². The number of methoxy groups -OCH3 is 1. The van der Waals surface area contributed by atoms with E-state index < -0.39 is 11.9 Å². The molecular weight excluding hydrogens is 372 g/mol. The molecule has 2 aromatic carbocycles. The Labute approximate surface area is 170 Å². The molecule has 7 nitrogen and oxygen atoms in total. The number of esters is 1. The molecule has 2 rings (SSSR count). The van der Waals surface area contributed by atoms with Gasteiger partial charge in [-0.25, -0.2) is 5.43 Å². The normalized spacial score (nSPS) is 10.8. The maximum Gasteiger partial charge on any atom is 0.308 e. The van der Waals surface area contributed by atoms with Crippen LogP contribution in [-0.4, -0.2) is 31.8 Å². The van der Waals surface area contributed by atoms with Gasteiger partial charge >= 0.3 is 5.97 Å². The van der Waals surface area contributed by atoms with Gasteiger partial charge in [-0.15, -0.1) is 0 Å². The van der Waals surface area contributed by atoms with E-state index in [-0.39, 0.29) is 12.5 Å². The van der Waals surface area contributed by atoms with E-state index in [9.17, 15) is 9.59 Å². The SMILES string of the molecule is COc1ccc(OC(C)=O)c(/C=N/NC(=O)COc2cc(C)ccc2C(C)C)c1. The highest BCUT2D eigenvalue weighted by Gasteiger charge is 2.10. The van der Waals surface area contributed by atoms with Gasteiger partial charge in [0.15, 0.2) is 6.61 Å². The molecule has 0 saturated heterocycles. The Morgan fingerprint density at radius 2 is 1.90 bits per heavy atom. The minimum Gasteiger partial charge on any atom is -0.497 e. The van der Waals surface area contributed by atoms with Gasteiger partial charge in [-0.05, 0) is 48.2 Å². The minimum atomic E-state index is -0.457. The molecule has 0 fully saturated rings. The standard InChI is InChI=1S/C22H26N2O5/c1-14(2)19-8-6-15(3)10-21(19)28-13-22(26)24-23-12-17-11-18(27-5)7-9-20(17)29-16(4)25/h6-12,14H,13H2,1-5H3,(H,24,26)/b23-12+. The third kappa shape index (κ3) is 6.64. The summed E-state index contributed by atoms with van der Waals surface area (Å²) in [7, 11) is 1.53. The number of hydrogen-bond acceptors (Lipinski definition) is 6. The molecule has 0 radical (unpaired) electrons. The summed E-state index contributed by atoms with van der Waals surface area (Å²) in [6, 6.07) is 10.8. The molecule has 0 spiro atoms. The van der Waals surface area contributed by atoms with Crippen LogP contribution in [0, 0.1) is 6.92 Å². The Kier molecular flexibility index (Phi) is 7.77. The number of amides is 1. The number of rotatable bonds is 8. The monoisotopic (exact) mass is 398 g/mol. The molecular formula is C22H26N2O5. The number of carbonyl (C=O) groups excluding carboxylic acids is 2. The quantitative estimate of drug-likeness (QED) is 0.318. The van der Waals surface area contributed by atoms with Gasteiger partial charge in [0.25, 0.3) is 5.91 Å². The number of aryl methyl sites for hydroxylation is 1. The molecule has 1 N–H and O–H groups in total. The first-order valence-electron chi connectivity index (χ1n) is 9.22. The Morgan fingerprint density at radius 1 is 1.14 bits per heavy atom. The van der Waals surface area contributed by atoms with Crippen molar-refractivity contribution in [2.75, 3.05) is 13.7 Å². The van der Waals surface area contributed by atoms with Gasteiger partial charge in [0.05, 0.1) is 13.3 Å². The van der Waals surface area contributed by atoms with Crippen LogP contribution >= 0.6 is 0 Å². The number of benzene rings is 2. The molecule has 0 heterocycles. The lowest BCUT2D eigenvalue weighted by atomic mass is 10.0. The first-order chi connectivity index (χ1) is 13.8. The maximum atomic E-state index is 12.1. The average Bonchev–Trinajstić information content (AvgIpc) is 2.67. The van der Waals surface area contributed by atoms with Crippen LogP contribution in [-0.2, 0) is 9.59 Å². The van der Waals surface area contributed by atoms with Crippen molar-refractivity contribution in [2.24, 2.45) is 5.10 Å². The van der Waals surface area contributed by atoms with Crippen LogP contribution < -0.4 is 19.6 Å². The van der Waals surface area contributed by atoms with Crippen LogP contribution in [0.25, 0.3) is 0 Å². The summed E-state index contributed by atoms with van der Waals surface area (Å²) in [4.78, 5) is 23.3. The van der Waals surface area contributed by atoms with E-state index in [0.29, 0.717) is 22.8 Å². The van der Waals surface area contributed by atoms with Crippen LogP contribution in [0.2, 0.25) is 0 Å². The van der Waals surface area contributed by atoms with Gasteiger partial charge in [-0.2, -0.15) is 5.10 Å². The largest absolute Gasteiger partial charge is 0.497 e. The van der Waals surface area contributed by atoms with Crippen molar-refractivity contribution < 1.29 is 23.8 Å². The van der Waals surface area contributed by atoms with Gasteiger partial charge in [0, 0.05) is 12.5 Å². The van der Waals surface area contributed by atoms with E-state index in [1.165, 1.54) is 20.2 Å². The number of nitrogens with one attached hydrogen (secondary N) is 1. The summed E-state index contributed by atoms with van der Waals surface area (Å²) in [6.45, 7) is 7.24. The fourth-order valence-electron chi connectivity index (χ4n) is 2.60. The number of nitrogens with zero attached hydrogens (tertiary/aromatic N) is 1. The molecule has 0 aromatic heterocycles. The number of ether oxygens (including phenoxy) is 3. The van der Waals surface area contributed by atoms with Gasteiger partial charge in [0.1, 0.15) is 17.2 Å². The van der Waals surface area contributed by atoms with Gasteiger partial charge in [-0.3, -0.25) is 9.59 Å². The fraction of sp³-hybridized carbons (Fsp3) is 0.318. The highest BCUT2D eigenvalue weighted by Crippen LogP contribution is 2.27. The maximum absolute atomic E-state index is 12.1. The van der Waals surface area contributed by atoms with Crippen LogP contribution in [0.3, 0.4) is 0 Å². The Morgan fingerprint density at radius 3 is 2.55 bits per heavy atom. The van der Waals surface area contributed by atoms with Crippen LogP contribution in [0.1, 0.15) is 43.4 Å². The van der Waals surface area contributed by atoms with E-state index in [1.54, 1.807) is 18.2 Å². The molecule has 0 aliphatic rings. The van der Waals surface area contributed by atoms with Crippen molar-refractivity contribution in [3.05, 3.63) is 53.1 Å². The molecule has 0 aliphatic heterocycles. The van der Waals surface area contributed by atoms with E-state index in [0.717, 1.165) is 11.1 Å². The molecule has 29 heavy (non-hydrogen) atoms. The Balaban J connectivity index is 2.02. The predicted octanol–water partition coefficient (Wildman–Crippen LogP) is 3.58. The lowest BCUT2D eigenvalue weighted by Crippen LogP contribution is -2.25. The molecule has 2 aromatic rings. The van der Waals surface area contributed by atoms with Crippen LogP contribution in [0.5, 0.6) is 17.2 Å². The first kappa shape index (κ1) is 21.9. The molecule has 0 unspecified atom stereocenters. The summed E-state index contributed by atoms with van der Waals surface area (Å²) >= 11 is 0. The minimum absolute atomic E-state index is 0.171. The summed E-state index contributed by atoms with van der Waals surface area (Å²) in [6.07, 6.45) is 1.38. The van der Waals surface area contributed by atoms with Crippen molar-refractivity contribution in [2.45, 2.75) is 33.6 Å². The van der Waals surface area contributed by atoms with E-state index in [4.69, 9.17) is 14.2 Å². The summed E-state index contributed by atoms with van der Waals surface area (Å²) < 4.78 is 16.0. The third-order valence-electron chi connectivity index (χ3n) is 4.01. The third-order valence-corrected chi connectivity index (χ3v) is 4.01. The van der Waals surface area contributed by atoms with Gasteiger partial charge in [-0.1, -0.05) is 26.0 Å². The van der Waals surface area contributed by atoms with Crippen LogP contribution in [0.4, 0.5) is 0 Å². The van der Waals surface area contributed by atoms with Gasteiger partial charge in [0.2, 0.25) is 0 Å². The molecule has 0 saturated carbocycles. The average molecular weight is 398 g/mol. The summed E-state index contributed by atoms with van der Waals surface area (Å²) in [5, 5.41) is 3.92. The Hall–Kier alpha value is -3.35. The number of hydrogen-bond donors (Lipinski definition) is 1. The highest BCUT2D eigenvalue weighted by molar-refractivity contribution is 5.87. The molecule has 0 aliphatic carbocycles. The molecule has 1 amide bonds. The zero-order chi connectivity index (χ0) is 21.4. The number of carbonyl (C=O) groups is 2. The first-order valence-corrected chi connectivity index (χ1v) is 9.22. The second-order valence-corrected chi connectivity index (χ2v) is 6.78. The lowest BCUT2D eigenvalue weighted by molar-refractivity contribution is -0.132. The zero-order valence-corrected chi connectivity index (χ0v) is 17.3. The molecule has 154 valence electrons. The predicted molar refractivity (Wildman–Crippen MR) is 111 cm³/mol. The molecule has 0 atom stereocenters. The van der Waals surface area contributed by atoms with E-state index in [2.05, 4.69) is 24.4 Å². The smallest absolute Gasteiger partial charge is 0.308 e. The number of hydrazone groups is 1. The lowest BCUT2D eigenvalue weighted by Gasteiger charge is -2.14. The molecule has 0 bridgehead atoms. The fourth-order valence-corrected chi connectivity index (χ4v) is 2.60. The van der Waals surface area contributed by atoms with Crippen molar-refractivity contribution in [1.82, 2.24) is 5.43 Å². The second-order valence-electron chi connectivity index (χ2n) is 6.78. The van der Waals surface area contributed by atoms with Gasteiger partial charge < -0.3 is 14.2 Å². The van der Waals surface area contributed by atoms with E-state index in [1.807, 2.05) is 25.1 Å². The Bertz CT molecular complexity index is 906. The molecule has 7 heteroatoms. The van der Waals surface area contributed by atoms with Crippen molar-refractivity contribution in [1.29, 1.82) is 0 Å². The van der Waals surface area contributed by atoms with E-state index >= 15 is 0 Å². The van der Waals surface area contributed by atoms with Crippen molar-refractivity contribution in [3.8, 4) is 17.2 Å². The summed E-state index contributed by atoms with van der Waals surface area (Å²) in [5.41, 5.74) is 4.99.